The van der Waals surface area contributed by atoms with Gasteiger partial charge in [-0.2, -0.15) is 0 Å². The van der Waals surface area contributed by atoms with Crippen molar-refractivity contribution in [1.82, 2.24) is 10.3 Å². The summed E-state index contributed by atoms with van der Waals surface area (Å²) in [5.74, 6) is 0. The van der Waals surface area contributed by atoms with Crippen LogP contribution in [-0.4, -0.2) is 11.0 Å². The summed E-state index contributed by atoms with van der Waals surface area (Å²) in [5, 5.41) is 5.02. The van der Waals surface area contributed by atoms with Crippen molar-refractivity contribution < 1.29 is 0 Å². The molecule has 18 heavy (non-hydrogen) atoms. The normalized spacial score (nSPS) is 22.7. The Labute approximate surface area is 109 Å². The van der Waals surface area contributed by atoms with E-state index in [1.165, 1.54) is 35.7 Å². The van der Waals surface area contributed by atoms with Gasteiger partial charge in [-0.3, -0.25) is 0 Å². The van der Waals surface area contributed by atoms with Gasteiger partial charge in [0.15, 0.2) is 0 Å². The number of aromatic amines is 1. The van der Waals surface area contributed by atoms with Crippen molar-refractivity contribution >= 4 is 10.9 Å². The van der Waals surface area contributed by atoms with Gasteiger partial charge in [-0.05, 0) is 41.3 Å². The number of nitrogens with one attached hydrogen (secondary N) is 2. The van der Waals surface area contributed by atoms with Crippen molar-refractivity contribution in [1.29, 1.82) is 0 Å². The van der Waals surface area contributed by atoms with Crippen molar-refractivity contribution in [2.45, 2.75) is 45.7 Å². The standard InChI is InChI=1S/C16H22N2/c1-16(2)8-3-4-15(16)18-11-12-5-6-13-7-9-17-14(13)10-12/h5-7,9-10,15,17-18H,3-4,8,11H2,1-2H3. The molecule has 1 saturated carbocycles. The SMILES string of the molecule is CC1(C)CCCC1NCc1ccc2cc[nH]c2c1. The first-order valence-corrected chi connectivity index (χ1v) is 6.94. The van der Waals surface area contributed by atoms with Crippen molar-refractivity contribution in [3.8, 4) is 0 Å². The van der Waals surface area contributed by atoms with E-state index < -0.39 is 0 Å². The second-order valence-electron chi connectivity index (χ2n) is 6.21. The Balaban J connectivity index is 1.69. The molecule has 2 N–H and O–H groups in total. The Morgan fingerprint density at radius 3 is 3.00 bits per heavy atom. The van der Waals surface area contributed by atoms with Crippen LogP contribution in [0, 0.1) is 5.41 Å². The molecule has 1 atom stereocenters. The van der Waals surface area contributed by atoms with Crippen LogP contribution in [0.5, 0.6) is 0 Å². The van der Waals surface area contributed by atoms with Crippen molar-refractivity contribution in [3.05, 3.63) is 36.0 Å². The molecule has 0 amide bonds. The Morgan fingerprint density at radius 1 is 1.33 bits per heavy atom. The Kier molecular flexibility index (Phi) is 2.90. The minimum Gasteiger partial charge on any atom is -0.361 e. The molecule has 1 aromatic carbocycles. The molecule has 3 rings (SSSR count). The fourth-order valence-corrected chi connectivity index (χ4v) is 3.15. The fourth-order valence-electron chi connectivity index (χ4n) is 3.15. The Morgan fingerprint density at radius 2 is 2.22 bits per heavy atom. The van der Waals surface area contributed by atoms with Crippen LogP contribution in [0.25, 0.3) is 10.9 Å². The summed E-state index contributed by atoms with van der Waals surface area (Å²) < 4.78 is 0. The minimum absolute atomic E-state index is 0.455. The molecule has 1 fully saturated rings. The highest BCUT2D eigenvalue weighted by molar-refractivity contribution is 5.79. The molecule has 0 radical (unpaired) electrons. The molecular weight excluding hydrogens is 220 g/mol. The van der Waals surface area contributed by atoms with Gasteiger partial charge in [0, 0.05) is 24.3 Å². The Hall–Kier alpha value is -1.28. The van der Waals surface area contributed by atoms with E-state index in [1.54, 1.807) is 0 Å². The Bertz CT molecular complexity index is 539. The summed E-state index contributed by atoms with van der Waals surface area (Å²) in [6, 6.07) is 9.46. The van der Waals surface area contributed by atoms with Crippen molar-refractivity contribution in [2.24, 2.45) is 5.41 Å². The van der Waals surface area contributed by atoms with Gasteiger partial charge in [-0.15, -0.1) is 0 Å². The zero-order chi connectivity index (χ0) is 12.6. The van der Waals surface area contributed by atoms with E-state index in [2.05, 4.69) is 48.4 Å². The number of benzene rings is 1. The monoisotopic (exact) mass is 242 g/mol. The van der Waals surface area contributed by atoms with Crippen LogP contribution >= 0.6 is 0 Å². The molecule has 96 valence electrons. The molecule has 2 heteroatoms. The largest absolute Gasteiger partial charge is 0.361 e. The van der Waals surface area contributed by atoms with Gasteiger partial charge in [0.1, 0.15) is 0 Å². The number of H-pyrrole nitrogens is 1. The molecule has 0 spiro atoms. The average Bonchev–Trinajstić information content (AvgIpc) is 2.91. The molecule has 1 unspecified atom stereocenters. The van der Waals surface area contributed by atoms with Crippen LogP contribution in [0.3, 0.4) is 0 Å². The van der Waals surface area contributed by atoms with Crippen LogP contribution in [0.4, 0.5) is 0 Å². The van der Waals surface area contributed by atoms with Crippen LogP contribution in [0.15, 0.2) is 30.5 Å². The van der Waals surface area contributed by atoms with Crippen molar-refractivity contribution in [2.75, 3.05) is 0 Å². The first kappa shape index (κ1) is 11.8. The molecule has 1 aliphatic carbocycles. The molecule has 1 aromatic heterocycles. The lowest BCUT2D eigenvalue weighted by atomic mass is 9.87. The average molecular weight is 242 g/mol. The predicted molar refractivity (Wildman–Crippen MR) is 76.6 cm³/mol. The molecule has 1 aliphatic rings. The van der Waals surface area contributed by atoms with Gasteiger partial charge in [0.25, 0.3) is 0 Å². The summed E-state index contributed by atoms with van der Waals surface area (Å²) >= 11 is 0. The molecule has 2 aromatic rings. The van der Waals surface area contributed by atoms with E-state index in [9.17, 15) is 0 Å². The van der Waals surface area contributed by atoms with Gasteiger partial charge in [0.05, 0.1) is 0 Å². The van der Waals surface area contributed by atoms with Crippen LogP contribution in [-0.2, 0) is 6.54 Å². The highest BCUT2D eigenvalue weighted by Crippen LogP contribution is 2.37. The maximum atomic E-state index is 3.73. The topological polar surface area (TPSA) is 27.8 Å². The third kappa shape index (κ3) is 2.17. The number of hydrogen-bond acceptors (Lipinski definition) is 1. The van der Waals surface area contributed by atoms with E-state index >= 15 is 0 Å². The summed E-state index contributed by atoms with van der Waals surface area (Å²) in [6.45, 7) is 5.74. The molecule has 0 bridgehead atoms. The lowest BCUT2D eigenvalue weighted by Gasteiger charge is -2.28. The lowest BCUT2D eigenvalue weighted by molar-refractivity contribution is 0.282. The number of rotatable bonds is 3. The zero-order valence-electron chi connectivity index (χ0n) is 11.3. The summed E-state index contributed by atoms with van der Waals surface area (Å²) in [4.78, 5) is 3.28. The second-order valence-corrected chi connectivity index (χ2v) is 6.21. The van der Waals surface area contributed by atoms with E-state index in [0.29, 0.717) is 11.5 Å². The zero-order valence-corrected chi connectivity index (χ0v) is 11.3. The first-order valence-electron chi connectivity index (χ1n) is 6.94. The van der Waals surface area contributed by atoms with Gasteiger partial charge in [0.2, 0.25) is 0 Å². The third-order valence-electron chi connectivity index (χ3n) is 4.43. The fraction of sp³-hybridized carbons (Fsp3) is 0.500. The summed E-state index contributed by atoms with van der Waals surface area (Å²) in [7, 11) is 0. The summed E-state index contributed by atoms with van der Waals surface area (Å²) in [5.41, 5.74) is 3.06. The highest BCUT2D eigenvalue weighted by Gasteiger charge is 2.33. The molecule has 1 heterocycles. The maximum absolute atomic E-state index is 3.73. The quantitative estimate of drug-likeness (QED) is 0.841. The molecule has 0 saturated heterocycles. The smallest absolute Gasteiger partial charge is 0.0457 e. The lowest BCUT2D eigenvalue weighted by Crippen LogP contribution is -2.37. The third-order valence-corrected chi connectivity index (χ3v) is 4.43. The van der Waals surface area contributed by atoms with Crippen LogP contribution in [0.2, 0.25) is 0 Å². The van der Waals surface area contributed by atoms with Gasteiger partial charge < -0.3 is 10.3 Å². The van der Waals surface area contributed by atoms with Gasteiger partial charge in [-0.1, -0.05) is 32.4 Å². The maximum Gasteiger partial charge on any atom is 0.0457 e. The predicted octanol–water partition coefficient (Wildman–Crippen LogP) is 3.84. The number of fused-ring (bicyclic) bond motifs is 1. The number of hydrogen-bond donors (Lipinski definition) is 2. The number of aromatic nitrogens is 1. The molecule has 2 nitrogen and oxygen atoms in total. The summed E-state index contributed by atoms with van der Waals surface area (Å²) in [6.07, 6.45) is 6.03. The van der Waals surface area contributed by atoms with Crippen LogP contribution in [0.1, 0.15) is 38.7 Å². The minimum atomic E-state index is 0.455. The first-order chi connectivity index (χ1) is 8.65. The van der Waals surface area contributed by atoms with E-state index in [4.69, 9.17) is 0 Å². The van der Waals surface area contributed by atoms with Gasteiger partial charge >= 0.3 is 0 Å². The van der Waals surface area contributed by atoms with E-state index in [-0.39, 0.29) is 0 Å². The van der Waals surface area contributed by atoms with E-state index in [1.807, 2.05) is 6.20 Å². The van der Waals surface area contributed by atoms with Gasteiger partial charge in [-0.25, -0.2) is 0 Å². The van der Waals surface area contributed by atoms with Crippen LogP contribution < -0.4 is 5.32 Å². The van der Waals surface area contributed by atoms with Crippen molar-refractivity contribution in [3.63, 3.8) is 0 Å². The highest BCUT2D eigenvalue weighted by atomic mass is 14.9. The molecular formula is C16H22N2. The second kappa shape index (κ2) is 4.43. The molecule has 0 aliphatic heterocycles. The van der Waals surface area contributed by atoms with E-state index in [0.717, 1.165) is 6.54 Å².